The number of allylic oxidation sites excluding steroid dienone is 7. The van der Waals surface area contributed by atoms with Gasteiger partial charge in [-0.2, -0.15) is 0 Å². The highest BCUT2D eigenvalue weighted by Gasteiger charge is 1.94. The Kier molecular flexibility index (Phi) is 2.27. The second-order valence-electron chi connectivity index (χ2n) is 2.49. The second-order valence-corrected chi connectivity index (χ2v) is 2.49. The molecule has 0 heterocycles. The SMILES string of the molecule is C=C(C)C1=CC=CC=CC1. The maximum absolute atomic E-state index is 3.88. The van der Waals surface area contributed by atoms with Crippen LogP contribution in [-0.4, -0.2) is 0 Å². The molecule has 0 aromatic carbocycles. The first-order valence-corrected chi connectivity index (χ1v) is 3.49. The van der Waals surface area contributed by atoms with Crippen molar-refractivity contribution in [2.75, 3.05) is 0 Å². The molecule has 0 saturated heterocycles. The van der Waals surface area contributed by atoms with Crippen molar-refractivity contribution in [3.63, 3.8) is 0 Å². The lowest BCUT2D eigenvalue weighted by atomic mass is 10.1. The molecule has 1 aliphatic rings. The van der Waals surface area contributed by atoms with Crippen LogP contribution in [0.1, 0.15) is 13.3 Å². The molecule has 0 aromatic heterocycles. The Morgan fingerprint density at radius 2 is 2.20 bits per heavy atom. The number of hydrogen-bond donors (Lipinski definition) is 0. The number of hydrogen-bond acceptors (Lipinski definition) is 0. The van der Waals surface area contributed by atoms with Crippen molar-refractivity contribution in [1.29, 1.82) is 0 Å². The van der Waals surface area contributed by atoms with Crippen molar-refractivity contribution >= 4 is 0 Å². The first-order valence-electron chi connectivity index (χ1n) is 3.49. The standard InChI is InChI=1S/C10H12/c1-9(2)10-7-5-3-4-6-8-10/h3-7H,1,8H2,2H3. The lowest BCUT2D eigenvalue weighted by molar-refractivity contribution is 1.22. The molecule has 0 saturated carbocycles. The van der Waals surface area contributed by atoms with E-state index in [0.29, 0.717) is 0 Å². The normalized spacial score (nSPS) is 16.3. The summed E-state index contributed by atoms with van der Waals surface area (Å²) in [5.74, 6) is 0. The van der Waals surface area contributed by atoms with Gasteiger partial charge in [0.2, 0.25) is 0 Å². The quantitative estimate of drug-likeness (QED) is 0.514. The molecule has 1 rings (SSSR count). The van der Waals surface area contributed by atoms with Crippen LogP contribution in [0, 0.1) is 0 Å². The minimum Gasteiger partial charge on any atom is -0.0958 e. The topological polar surface area (TPSA) is 0 Å². The zero-order valence-electron chi connectivity index (χ0n) is 6.30. The van der Waals surface area contributed by atoms with Crippen LogP contribution in [0.3, 0.4) is 0 Å². The molecule has 0 unspecified atom stereocenters. The summed E-state index contributed by atoms with van der Waals surface area (Å²) < 4.78 is 0. The lowest BCUT2D eigenvalue weighted by Gasteiger charge is -1.99. The molecule has 0 atom stereocenters. The Morgan fingerprint density at radius 3 is 2.90 bits per heavy atom. The van der Waals surface area contributed by atoms with E-state index in [-0.39, 0.29) is 0 Å². The van der Waals surface area contributed by atoms with Crippen LogP contribution in [0.15, 0.2) is 48.1 Å². The van der Waals surface area contributed by atoms with Gasteiger partial charge in [0.05, 0.1) is 0 Å². The van der Waals surface area contributed by atoms with Gasteiger partial charge in [-0.25, -0.2) is 0 Å². The molecule has 10 heavy (non-hydrogen) atoms. The van der Waals surface area contributed by atoms with E-state index >= 15 is 0 Å². The van der Waals surface area contributed by atoms with E-state index in [0.717, 1.165) is 12.0 Å². The van der Waals surface area contributed by atoms with Crippen LogP contribution in [-0.2, 0) is 0 Å². The van der Waals surface area contributed by atoms with Gasteiger partial charge >= 0.3 is 0 Å². The molecule has 0 amide bonds. The molecule has 0 aliphatic heterocycles. The van der Waals surface area contributed by atoms with Crippen LogP contribution in [0.2, 0.25) is 0 Å². The molecule has 52 valence electrons. The average Bonchev–Trinajstić information content (AvgIpc) is 2.12. The summed E-state index contributed by atoms with van der Waals surface area (Å²) in [6.45, 7) is 5.92. The average molecular weight is 132 g/mol. The predicted octanol–water partition coefficient (Wildman–Crippen LogP) is 3.01. The fourth-order valence-electron chi connectivity index (χ4n) is 0.894. The van der Waals surface area contributed by atoms with Crippen LogP contribution in [0.4, 0.5) is 0 Å². The van der Waals surface area contributed by atoms with Crippen molar-refractivity contribution in [2.45, 2.75) is 13.3 Å². The van der Waals surface area contributed by atoms with Gasteiger partial charge in [0.1, 0.15) is 0 Å². The van der Waals surface area contributed by atoms with Gasteiger partial charge in [-0.15, -0.1) is 0 Å². The summed E-state index contributed by atoms with van der Waals surface area (Å²) in [5, 5.41) is 0. The highest BCUT2D eigenvalue weighted by Crippen LogP contribution is 2.13. The molecule has 0 N–H and O–H groups in total. The first-order chi connectivity index (χ1) is 4.80. The third kappa shape index (κ3) is 1.73. The van der Waals surface area contributed by atoms with Crippen molar-refractivity contribution < 1.29 is 0 Å². The maximum atomic E-state index is 3.88. The predicted molar refractivity (Wildman–Crippen MR) is 45.8 cm³/mol. The molecule has 0 aromatic rings. The third-order valence-electron chi connectivity index (χ3n) is 1.54. The summed E-state index contributed by atoms with van der Waals surface area (Å²) in [6, 6.07) is 0. The summed E-state index contributed by atoms with van der Waals surface area (Å²) in [7, 11) is 0. The van der Waals surface area contributed by atoms with Gasteiger partial charge in [0, 0.05) is 0 Å². The van der Waals surface area contributed by atoms with E-state index in [2.05, 4.69) is 24.8 Å². The Labute approximate surface area is 62.3 Å². The molecule has 0 spiro atoms. The van der Waals surface area contributed by atoms with E-state index < -0.39 is 0 Å². The van der Waals surface area contributed by atoms with Gasteiger partial charge in [0.15, 0.2) is 0 Å². The van der Waals surface area contributed by atoms with Crippen molar-refractivity contribution in [1.82, 2.24) is 0 Å². The highest BCUT2D eigenvalue weighted by molar-refractivity contribution is 5.34. The zero-order valence-corrected chi connectivity index (χ0v) is 6.30. The largest absolute Gasteiger partial charge is 0.0958 e. The van der Waals surface area contributed by atoms with Gasteiger partial charge in [0.25, 0.3) is 0 Å². The fourth-order valence-corrected chi connectivity index (χ4v) is 0.894. The molecule has 0 heteroatoms. The number of rotatable bonds is 1. The fraction of sp³-hybridized carbons (Fsp3) is 0.200. The Morgan fingerprint density at radius 1 is 1.40 bits per heavy atom. The molecular weight excluding hydrogens is 120 g/mol. The molecular formula is C10H12. The maximum Gasteiger partial charge on any atom is -0.00919 e. The van der Waals surface area contributed by atoms with E-state index in [4.69, 9.17) is 0 Å². The van der Waals surface area contributed by atoms with E-state index in [9.17, 15) is 0 Å². The Bertz CT molecular complexity index is 214. The summed E-state index contributed by atoms with van der Waals surface area (Å²) >= 11 is 0. The third-order valence-corrected chi connectivity index (χ3v) is 1.54. The monoisotopic (exact) mass is 132 g/mol. The molecule has 0 nitrogen and oxygen atoms in total. The van der Waals surface area contributed by atoms with E-state index in [1.54, 1.807) is 0 Å². The lowest BCUT2D eigenvalue weighted by Crippen LogP contribution is -1.79. The van der Waals surface area contributed by atoms with E-state index in [1.807, 2.05) is 19.1 Å². The minimum absolute atomic E-state index is 1.02. The van der Waals surface area contributed by atoms with Crippen LogP contribution < -0.4 is 0 Å². The van der Waals surface area contributed by atoms with Gasteiger partial charge in [-0.1, -0.05) is 42.5 Å². The van der Waals surface area contributed by atoms with Crippen molar-refractivity contribution in [2.24, 2.45) is 0 Å². The smallest absolute Gasteiger partial charge is 0.00919 e. The second kappa shape index (κ2) is 3.21. The molecule has 1 aliphatic carbocycles. The summed E-state index contributed by atoms with van der Waals surface area (Å²) in [5.41, 5.74) is 2.49. The zero-order chi connectivity index (χ0) is 7.40. The first kappa shape index (κ1) is 7.07. The Balaban J connectivity index is 2.78. The van der Waals surface area contributed by atoms with Crippen molar-refractivity contribution in [3.05, 3.63) is 48.1 Å². The van der Waals surface area contributed by atoms with Gasteiger partial charge in [-0.05, 0) is 18.9 Å². The highest BCUT2D eigenvalue weighted by atomic mass is 14.0. The summed E-state index contributed by atoms with van der Waals surface area (Å²) in [6.07, 6.45) is 11.4. The van der Waals surface area contributed by atoms with Crippen LogP contribution in [0.5, 0.6) is 0 Å². The Hall–Kier alpha value is -1.04. The van der Waals surface area contributed by atoms with Gasteiger partial charge in [-0.3, -0.25) is 0 Å². The summed E-state index contributed by atoms with van der Waals surface area (Å²) in [4.78, 5) is 0. The van der Waals surface area contributed by atoms with Gasteiger partial charge < -0.3 is 0 Å². The minimum atomic E-state index is 1.02. The van der Waals surface area contributed by atoms with Crippen LogP contribution >= 0.6 is 0 Å². The van der Waals surface area contributed by atoms with E-state index in [1.165, 1.54) is 5.57 Å². The van der Waals surface area contributed by atoms with Crippen LogP contribution in [0.25, 0.3) is 0 Å². The molecule has 0 fully saturated rings. The molecule has 0 bridgehead atoms. The van der Waals surface area contributed by atoms with Crippen molar-refractivity contribution in [3.8, 4) is 0 Å². The molecule has 0 radical (unpaired) electrons.